The molecule has 0 saturated carbocycles. The number of amides is 1. The van der Waals surface area contributed by atoms with Crippen LogP contribution in [0.3, 0.4) is 0 Å². The normalized spacial score (nSPS) is 10.4. The van der Waals surface area contributed by atoms with Gasteiger partial charge >= 0.3 is 0 Å². The van der Waals surface area contributed by atoms with Crippen LogP contribution in [0.25, 0.3) is 0 Å². The van der Waals surface area contributed by atoms with Crippen LogP contribution in [-0.2, 0) is 17.6 Å². The third-order valence-corrected chi connectivity index (χ3v) is 3.68. The fourth-order valence-corrected chi connectivity index (χ4v) is 2.36. The molecule has 24 heavy (non-hydrogen) atoms. The Labute approximate surface area is 142 Å². The van der Waals surface area contributed by atoms with E-state index in [1.807, 2.05) is 24.3 Å². The summed E-state index contributed by atoms with van der Waals surface area (Å²) in [5.41, 5.74) is 1.77. The van der Waals surface area contributed by atoms with E-state index >= 15 is 0 Å². The summed E-state index contributed by atoms with van der Waals surface area (Å²) >= 11 is 0. The molecule has 2 aromatic carbocycles. The number of halogens is 1. The van der Waals surface area contributed by atoms with E-state index in [-0.39, 0.29) is 18.3 Å². The predicted octanol–water partition coefficient (Wildman–Crippen LogP) is 2.33. The molecule has 2 rings (SSSR count). The van der Waals surface area contributed by atoms with Crippen LogP contribution in [0.5, 0.6) is 5.75 Å². The fraction of sp³-hybridized carbons (Fsp3) is 0.316. The minimum absolute atomic E-state index is 0.0861. The molecule has 0 spiro atoms. The molecule has 0 atom stereocenters. The highest BCUT2D eigenvalue weighted by molar-refractivity contribution is 5.77. The van der Waals surface area contributed by atoms with E-state index < -0.39 is 0 Å². The minimum atomic E-state index is -0.233. The molecule has 0 saturated heterocycles. The first-order valence-corrected chi connectivity index (χ1v) is 8.03. The van der Waals surface area contributed by atoms with Gasteiger partial charge in [-0.15, -0.1) is 0 Å². The average molecular weight is 330 g/mol. The second-order valence-electron chi connectivity index (χ2n) is 5.47. The summed E-state index contributed by atoms with van der Waals surface area (Å²) in [5.74, 6) is 0.513. The molecule has 2 N–H and O–H groups in total. The van der Waals surface area contributed by atoms with Crippen LogP contribution in [0.15, 0.2) is 48.5 Å². The molecule has 1 amide bonds. The van der Waals surface area contributed by atoms with Crippen molar-refractivity contribution in [3.05, 3.63) is 65.5 Å². The van der Waals surface area contributed by atoms with Crippen molar-refractivity contribution in [3.8, 4) is 5.75 Å². The molecular weight excluding hydrogens is 307 g/mol. The Hall–Kier alpha value is -2.40. The lowest BCUT2D eigenvalue weighted by Gasteiger charge is -2.08. The molecule has 0 fully saturated rings. The first-order chi connectivity index (χ1) is 11.7. The smallest absolute Gasteiger partial charge is 0.233 e. The summed E-state index contributed by atoms with van der Waals surface area (Å²) in [4.78, 5) is 11.7. The quantitative estimate of drug-likeness (QED) is 0.694. The molecule has 0 aliphatic carbocycles. The maximum atomic E-state index is 13.4. The zero-order valence-corrected chi connectivity index (χ0v) is 13.8. The molecule has 0 aliphatic heterocycles. The summed E-state index contributed by atoms with van der Waals surface area (Å²) in [6.45, 7) is 1.38. The van der Waals surface area contributed by atoms with Crippen molar-refractivity contribution in [2.45, 2.75) is 12.8 Å². The molecule has 0 aliphatic rings. The number of carbonyl (C=O) groups is 1. The lowest BCUT2D eigenvalue weighted by molar-refractivity contribution is -0.120. The summed E-state index contributed by atoms with van der Waals surface area (Å²) in [7, 11) is 1.64. The first kappa shape index (κ1) is 17.9. The van der Waals surface area contributed by atoms with Gasteiger partial charge in [-0.3, -0.25) is 4.79 Å². The first-order valence-electron chi connectivity index (χ1n) is 8.03. The molecule has 0 radical (unpaired) electrons. The second kappa shape index (κ2) is 9.67. The Morgan fingerprint density at radius 1 is 1.08 bits per heavy atom. The van der Waals surface area contributed by atoms with E-state index in [9.17, 15) is 9.18 Å². The van der Waals surface area contributed by atoms with Gasteiger partial charge in [-0.2, -0.15) is 0 Å². The SMILES string of the molecule is COc1cccc(CCNCC(=O)NCCc2ccccc2F)c1. The highest BCUT2D eigenvalue weighted by Crippen LogP contribution is 2.12. The lowest BCUT2D eigenvalue weighted by atomic mass is 10.1. The van der Waals surface area contributed by atoms with Gasteiger partial charge in [0.05, 0.1) is 13.7 Å². The monoisotopic (exact) mass is 330 g/mol. The number of ether oxygens (including phenoxy) is 1. The van der Waals surface area contributed by atoms with Crippen LogP contribution in [0.4, 0.5) is 4.39 Å². The van der Waals surface area contributed by atoms with Crippen molar-refractivity contribution in [2.24, 2.45) is 0 Å². The minimum Gasteiger partial charge on any atom is -0.497 e. The van der Waals surface area contributed by atoms with Gasteiger partial charge in [0.1, 0.15) is 11.6 Å². The number of benzene rings is 2. The summed E-state index contributed by atoms with van der Waals surface area (Å²) in [6.07, 6.45) is 1.31. The Bertz CT molecular complexity index is 661. The largest absolute Gasteiger partial charge is 0.497 e. The molecule has 0 heterocycles. The molecule has 4 nitrogen and oxygen atoms in total. The molecular formula is C19H23FN2O2. The highest BCUT2D eigenvalue weighted by atomic mass is 19.1. The number of rotatable bonds is 9. The van der Waals surface area contributed by atoms with E-state index in [4.69, 9.17) is 4.74 Å². The van der Waals surface area contributed by atoms with E-state index in [0.29, 0.717) is 25.1 Å². The standard InChI is InChI=1S/C19H23FN2O2/c1-24-17-7-4-5-15(13-17)9-11-21-14-19(23)22-12-10-16-6-2-3-8-18(16)20/h2-8,13,21H,9-12,14H2,1H3,(H,22,23). The van der Waals surface area contributed by atoms with Gasteiger partial charge in [0.25, 0.3) is 0 Å². The third-order valence-electron chi connectivity index (χ3n) is 3.68. The molecule has 0 aromatic heterocycles. The van der Waals surface area contributed by atoms with Gasteiger partial charge in [-0.05, 0) is 48.7 Å². The van der Waals surface area contributed by atoms with Gasteiger partial charge in [-0.25, -0.2) is 4.39 Å². The Morgan fingerprint density at radius 3 is 2.71 bits per heavy atom. The van der Waals surface area contributed by atoms with Crippen molar-refractivity contribution in [1.82, 2.24) is 10.6 Å². The van der Waals surface area contributed by atoms with Crippen molar-refractivity contribution in [1.29, 1.82) is 0 Å². The summed E-state index contributed by atoms with van der Waals surface area (Å²) in [5, 5.41) is 5.89. The van der Waals surface area contributed by atoms with Gasteiger partial charge in [0, 0.05) is 6.54 Å². The number of hydrogen-bond donors (Lipinski definition) is 2. The van der Waals surface area contributed by atoms with Crippen LogP contribution < -0.4 is 15.4 Å². The van der Waals surface area contributed by atoms with Crippen LogP contribution >= 0.6 is 0 Å². The number of methoxy groups -OCH3 is 1. The van der Waals surface area contributed by atoms with Crippen molar-refractivity contribution in [3.63, 3.8) is 0 Å². The molecule has 0 unspecified atom stereocenters. The van der Waals surface area contributed by atoms with E-state index in [2.05, 4.69) is 10.6 Å². The summed E-state index contributed by atoms with van der Waals surface area (Å²) < 4.78 is 18.6. The highest BCUT2D eigenvalue weighted by Gasteiger charge is 2.03. The maximum Gasteiger partial charge on any atom is 0.233 e. The van der Waals surface area contributed by atoms with Gasteiger partial charge in [0.2, 0.25) is 5.91 Å². The summed E-state index contributed by atoms with van der Waals surface area (Å²) in [6, 6.07) is 14.5. The topological polar surface area (TPSA) is 50.4 Å². The third kappa shape index (κ3) is 6.01. The Kier molecular flexibility index (Phi) is 7.23. The van der Waals surface area contributed by atoms with Crippen LogP contribution in [0.1, 0.15) is 11.1 Å². The molecule has 128 valence electrons. The van der Waals surface area contributed by atoms with E-state index in [1.165, 1.54) is 6.07 Å². The Morgan fingerprint density at radius 2 is 1.92 bits per heavy atom. The molecule has 2 aromatic rings. The zero-order chi connectivity index (χ0) is 17.2. The lowest BCUT2D eigenvalue weighted by Crippen LogP contribution is -2.35. The number of carbonyl (C=O) groups excluding carboxylic acids is 1. The van der Waals surface area contributed by atoms with Crippen LogP contribution in [-0.4, -0.2) is 32.7 Å². The predicted molar refractivity (Wildman–Crippen MR) is 92.7 cm³/mol. The van der Waals surface area contributed by atoms with Gasteiger partial charge < -0.3 is 15.4 Å². The second-order valence-corrected chi connectivity index (χ2v) is 5.47. The van der Waals surface area contributed by atoms with E-state index in [0.717, 1.165) is 17.7 Å². The van der Waals surface area contributed by atoms with Crippen molar-refractivity contribution in [2.75, 3.05) is 26.7 Å². The van der Waals surface area contributed by atoms with Crippen LogP contribution in [0.2, 0.25) is 0 Å². The van der Waals surface area contributed by atoms with Crippen molar-refractivity contribution >= 4 is 5.91 Å². The molecule has 0 bridgehead atoms. The van der Waals surface area contributed by atoms with Gasteiger partial charge in [-0.1, -0.05) is 30.3 Å². The average Bonchev–Trinajstić information content (AvgIpc) is 2.60. The van der Waals surface area contributed by atoms with Crippen LogP contribution in [0, 0.1) is 5.82 Å². The van der Waals surface area contributed by atoms with Gasteiger partial charge in [0.15, 0.2) is 0 Å². The zero-order valence-electron chi connectivity index (χ0n) is 13.8. The fourth-order valence-electron chi connectivity index (χ4n) is 2.36. The number of nitrogens with one attached hydrogen (secondary N) is 2. The molecule has 5 heteroatoms. The number of hydrogen-bond acceptors (Lipinski definition) is 3. The van der Waals surface area contributed by atoms with Crippen molar-refractivity contribution < 1.29 is 13.9 Å². The maximum absolute atomic E-state index is 13.4. The van der Waals surface area contributed by atoms with E-state index in [1.54, 1.807) is 25.3 Å². The Balaban J connectivity index is 1.60.